The summed E-state index contributed by atoms with van der Waals surface area (Å²) in [6.07, 6.45) is 8.73. The third-order valence-electron chi connectivity index (χ3n) is 2.30. The standard InChI is InChI=1S/C13H12N4O4/c18-12(10-8-14-2-4-16-10)20-6-1-7-21-13(19)11-9-15-3-5-17-11/h2-5,8-9H,1,6-7H2. The zero-order chi connectivity index (χ0) is 14.9. The molecule has 0 fully saturated rings. The van der Waals surface area contributed by atoms with Crippen molar-refractivity contribution in [2.24, 2.45) is 0 Å². The Kier molecular flexibility index (Phi) is 5.27. The lowest BCUT2D eigenvalue weighted by molar-refractivity contribution is 0.0388. The maximum Gasteiger partial charge on any atom is 0.358 e. The highest BCUT2D eigenvalue weighted by Crippen LogP contribution is 1.98. The van der Waals surface area contributed by atoms with E-state index in [4.69, 9.17) is 9.47 Å². The Morgan fingerprint density at radius 2 is 1.29 bits per heavy atom. The predicted molar refractivity (Wildman–Crippen MR) is 69.2 cm³/mol. The molecule has 0 aliphatic carbocycles. The largest absolute Gasteiger partial charge is 0.461 e. The van der Waals surface area contributed by atoms with Gasteiger partial charge in [0.15, 0.2) is 11.4 Å². The van der Waals surface area contributed by atoms with Crippen LogP contribution in [0.25, 0.3) is 0 Å². The summed E-state index contributed by atoms with van der Waals surface area (Å²) in [7, 11) is 0. The molecule has 0 unspecified atom stereocenters. The lowest BCUT2D eigenvalue weighted by Gasteiger charge is -2.05. The Morgan fingerprint density at radius 1 is 0.810 bits per heavy atom. The molecule has 8 heteroatoms. The fourth-order valence-electron chi connectivity index (χ4n) is 1.35. The molecule has 0 aliphatic heterocycles. The van der Waals surface area contributed by atoms with E-state index in [9.17, 15) is 9.59 Å². The fourth-order valence-corrected chi connectivity index (χ4v) is 1.35. The molecule has 0 bridgehead atoms. The third-order valence-corrected chi connectivity index (χ3v) is 2.30. The van der Waals surface area contributed by atoms with Crippen LogP contribution in [0.15, 0.2) is 37.2 Å². The van der Waals surface area contributed by atoms with Crippen LogP contribution >= 0.6 is 0 Å². The first-order valence-corrected chi connectivity index (χ1v) is 6.13. The molecule has 0 saturated heterocycles. The van der Waals surface area contributed by atoms with E-state index in [1.165, 1.54) is 37.2 Å². The van der Waals surface area contributed by atoms with E-state index in [0.29, 0.717) is 6.42 Å². The van der Waals surface area contributed by atoms with Crippen LogP contribution in [-0.2, 0) is 9.47 Å². The first-order valence-electron chi connectivity index (χ1n) is 6.13. The van der Waals surface area contributed by atoms with Gasteiger partial charge in [-0.2, -0.15) is 0 Å². The second-order valence-corrected chi connectivity index (χ2v) is 3.81. The molecule has 0 amide bonds. The van der Waals surface area contributed by atoms with Crippen LogP contribution in [0.3, 0.4) is 0 Å². The molecular formula is C13H12N4O4. The van der Waals surface area contributed by atoms with Crippen molar-refractivity contribution in [3.63, 3.8) is 0 Å². The average Bonchev–Trinajstić information content (AvgIpc) is 2.55. The number of ether oxygens (including phenoxy) is 2. The molecule has 108 valence electrons. The topological polar surface area (TPSA) is 104 Å². The number of carbonyl (C=O) groups is 2. The van der Waals surface area contributed by atoms with Gasteiger partial charge in [-0.15, -0.1) is 0 Å². The van der Waals surface area contributed by atoms with Gasteiger partial charge in [0.25, 0.3) is 0 Å². The van der Waals surface area contributed by atoms with E-state index in [-0.39, 0.29) is 24.6 Å². The summed E-state index contributed by atoms with van der Waals surface area (Å²) < 4.78 is 9.91. The summed E-state index contributed by atoms with van der Waals surface area (Å²) in [6, 6.07) is 0. The molecule has 0 radical (unpaired) electrons. The first kappa shape index (κ1) is 14.5. The van der Waals surface area contributed by atoms with Gasteiger partial charge in [0, 0.05) is 31.2 Å². The zero-order valence-corrected chi connectivity index (χ0v) is 11.0. The van der Waals surface area contributed by atoms with Crippen LogP contribution in [0.2, 0.25) is 0 Å². The Hall–Kier alpha value is -2.90. The number of carbonyl (C=O) groups excluding carboxylic acids is 2. The number of hydrogen-bond acceptors (Lipinski definition) is 8. The minimum atomic E-state index is -0.566. The van der Waals surface area contributed by atoms with Crippen molar-refractivity contribution in [2.75, 3.05) is 13.2 Å². The van der Waals surface area contributed by atoms with Crippen molar-refractivity contribution in [3.05, 3.63) is 48.6 Å². The summed E-state index contributed by atoms with van der Waals surface area (Å²) in [5, 5.41) is 0. The van der Waals surface area contributed by atoms with Crippen LogP contribution in [0, 0.1) is 0 Å². The highest BCUT2D eigenvalue weighted by Gasteiger charge is 2.10. The molecule has 0 atom stereocenters. The smallest absolute Gasteiger partial charge is 0.358 e. The highest BCUT2D eigenvalue weighted by atomic mass is 16.5. The second kappa shape index (κ2) is 7.63. The SMILES string of the molecule is O=C(OCCCOC(=O)c1cnccn1)c1cnccn1. The molecule has 21 heavy (non-hydrogen) atoms. The predicted octanol–water partition coefficient (Wildman–Crippen LogP) is 0.670. The molecule has 0 spiro atoms. The molecule has 0 aliphatic rings. The van der Waals surface area contributed by atoms with Crippen molar-refractivity contribution < 1.29 is 19.1 Å². The number of rotatable bonds is 6. The Labute approximate surface area is 120 Å². The molecule has 0 N–H and O–H groups in total. The molecule has 2 aromatic rings. The monoisotopic (exact) mass is 288 g/mol. The van der Waals surface area contributed by atoms with Gasteiger partial charge in [0.05, 0.1) is 25.6 Å². The van der Waals surface area contributed by atoms with Crippen LogP contribution in [0.5, 0.6) is 0 Å². The van der Waals surface area contributed by atoms with E-state index in [2.05, 4.69) is 19.9 Å². The summed E-state index contributed by atoms with van der Waals surface area (Å²) in [5.74, 6) is -1.13. The van der Waals surface area contributed by atoms with E-state index >= 15 is 0 Å². The number of esters is 2. The van der Waals surface area contributed by atoms with E-state index in [1.54, 1.807) is 0 Å². The second-order valence-electron chi connectivity index (χ2n) is 3.81. The molecule has 0 saturated carbocycles. The molecule has 2 rings (SSSR count). The molecule has 2 heterocycles. The average molecular weight is 288 g/mol. The number of hydrogen-bond donors (Lipinski definition) is 0. The summed E-state index contributed by atoms with van der Waals surface area (Å²) in [6.45, 7) is 0.228. The van der Waals surface area contributed by atoms with Crippen LogP contribution < -0.4 is 0 Å². The van der Waals surface area contributed by atoms with Gasteiger partial charge in [-0.05, 0) is 0 Å². The van der Waals surface area contributed by atoms with Gasteiger partial charge < -0.3 is 9.47 Å². The molecule has 2 aromatic heterocycles. The van der Waals surface area contributed by atoms with E-state index in [1.807, 2.05) is 0 Å². The van der Waals surface area contributed by atoms with Crippen molar-refractivity contribution in [2.45, 2.75) is 6.42 Å². The minimum absolute atomic E-state index is 0.114. The van der Waals surface area contributed by atoms with Gasteiger partial charge in [0.2, 0.25) is 0 Å². The van der Waals surface area contributed by atoms with Crippen LogP contribution in [0.1, 0.15) is 27.4 Å². The number of aromatic nitrogens is 4. The molecule has 0 aromatic carbocycles. The maximum atomic E-state index is 11.5. The van der Waals surface area contributed by atoms with Crippen LogP contribution in [-0.4, -0.2) is 45.1 Å². The van der Waals surface area contributed by atoms with E-state index < -0.39 is 11.9 Å². The van der Waals surface area contributed by atoms with Gasteiger partial charge in [-0.3, -0.25) is 9.97 Å². The summed E-state index contributed by atoms with van der Waals surface area (Å²) in [5.41, 5.74) is 0.267. The van der Waals surface area contributed by atoms with Gasteiger partial charge in [-0.1, -0.05) is 0 Å². The Balaban J connectivity index is 1.64. The quantitative estimate of drug-likeness (QED) is 0.564. The molecular weight excluding hydrogens is 276 g/mol. The normalized spacial score (nSPS) is 9.90. The van der Waals surface area contributed by atoms with Gasteiger partial charge in [-0.25, -0.2) is 19.6 Å². The maximum absolute atomic E-state index is 11.5. The highest BCUT2D eigenvalue weighted by molar-refractivity contribution is 5.87. The van der Waals surface area contributed by atoms with Crippen molar-refractivity contribution in [1.29, 1.82) is 0 Å². The van der Waals surface area contributed by atoms with Crippen molar-refractivity contribution >= 4 is 11.9 Å². The summed E-state index contributed by atoms with van der Waals surface area (Å²) in [4.78, 5) is 38.2. The fraction of sp³-hybridized carbons (Fsp3) is 0.231. The zero-order valence-electron chi connectivity index (χ0n) is 11.0. The molecule has 8 nitrogen and oxygen atoms in total. The van der Waals surface area contributed by atoms with Gasteiger partial charge >= 0.3 is 11.9 Å². The lowest BCUT2D eigenvalue weighted by atomic mass is 10.4. The van der Waals surface area contributed by atoms with Crippen molar-refractivity contribution in [1.82, 2.24) is 19.9 Å². The lowest BCUT2D eigenvalue weighted by Crippen LogP contribution is -2.12. The summed E-state index contributed by atoms with van der Waals surface area (Å²) >= 11 is 0. The van der Waals surface area contributed by atoms with Gasteiger partial charge in [0.1, 0.15) is 0 Å². The third kappa shape index (κ3) is 4.60. The van der Waals surface area contributed by atoms with Crippen molar-refractivity contribution in [3.8, 4) is 0 Å². The van der Waals surface area contributed by atoms with Crippen LogP contribution in [0.4, 0.5) is 0 Å². The number of nitrogens with zero attached hydrogens (tertiary/aromatic N) is 4. The van der Waals surface area contributed by atoms with E-state index in [0.717, 1.165) is 0 Å². The minimum Gasteiger partial charge on any atom is -0.461 e. The Morgan fingerprint density at radius 3 is 1.67 bits per heavy atom. The Bertz CT molecular complexity index is 538. The first-order chi connectivity index (χ1) is 10.3.